The van der Waals surface area contributed by atoms with E-state index in [4.69, 9.17) is 4.74 Å². The summed E-state index contributed by atoms with van der Waals surface area (Å²) in [6.45, 7) is 4.11. The number of hydrogen-bond acceptors (Lipinski definition) is 5. The first-order chi connectivity index (χ1) is 11.7. The van der Waals surface area contributed by atoms with E-state index in [1.165, 1.54) is 4.31 Å². The van der Waals surface area contributed by atoms with E-state index in [-0.39, 0.29) is 12.5 Å². The van der Waals surface area contributed by atoms with Gasteiger partial charge < -0.3 is 10.1 Å². The van der Waals surface area contributed by atoms with Crippen molar-refractivity contribution in [3.8, 4) is 0 Å². The van der Waals surface area contributed by atoms with Gasteiger partial charge in [-0.05, 0) is 43.9 Å². The highest BCUT2D eigenvalue weighted by molar-refractivity contribution is 7.88. The van der Waals surface area contributed by atoms with Crippen LogP contribution in [0.25, 0.3) is 0 Å². The molecule has 8 heteroatoms. The van der Waals surface area contributed by atoms with Crippen LogP contribution in [0.15, 0.2) is 18.2 Å². The summed E-state index contributed by atoms with van der Waals surface area (Å²) in [5.41, 5.74) is 2.73. The lowest BCUT2D eigenvalue weighted by molar-refractivity contribution is -0.152. The van der Waals surface area contributed by atoms with E-state index in [1.54, 1.807) is 6.07 Å². The first-order valence-corrected chi connectivity index (χ1v) is 10.0. The average molecular weight is 368 g/mol. The molecule has 1 heterocycles. The van der Waals surface area contributed by atoms with Gasteiger partial charge in [-0.3, -0.25) is 9.59 Å². The highest BCUT2D eigenvalue weighted by Crippen LogP contribution is 2.21. The molecule has 1 N–H and O–H groups in total. The van der Waals surface area contributed by atoms with Crippen LogP contribution in [-0.2, 0) is 24.3 Å². The van der Waals surface area contributed by atoms with Crippen molar-refractivity contribution >= 4 is 27.6 Å². The molecule has 1 fully saturated rings. The number of ether oxygens (including phenoxy) is 1. The summed E-state index contributed by atoms with van der Waals surface area (Å²) < 4.78 is 29.4. The van der Waals surface area contributed by atoms with E-state index in [9.17, 15) is 18.0 Å². The van der Waals surface area contributed by atoms with Gasteiger partial charge in [-0.2, -0.15) is 0 Å². The summed E-state index contributed by atoms with van der Waals surface area (Å²) in [6.07, 6.45) is 1.97. The molecule has 0 radical (unpaired) electrons. The predicted octanol–water partition coefficient (Wildman–Crippen LogP) is 1.46. The van der Waals surface area contributed by atoms with Crippen molar-refractivity contribution in [2.75, 3.05) is 31.3 Å². The van der Waals surface area contributed by atoms with Gasteiger partial charge in [-0.1, -0.05) is 12.1 Å². The Morgan fingerprint density at radius 2 is 1.88 bits per heavy atom. The van der Waals surface area contributed by atoms with Crippen LogP contribution < -0.4 is 5.32 Å². The number of hydrogen-bond donors (Lipinski definition) is 1. The summed E-state index contributed by atoms with van der Waals surface area (Å²) >= 11 is 0. The van der Waals surface area contributed by atoms with Crippen LogP contribution in [-0.4, -0.2) is 50.6 Å². The molecule has 138 valence electrons. The second kappa shape index (κ2) is 7.97. The molecule has 1 aliphatic rings. The SMILES string of the molecule is Cc1cccc(NC(=O)COC(=O)C2CCN(S(C)(=O)=O)CC2)c1C. The summed E-state index contributed by atoms with van der Waals surface area (Å²) in [5, 5.41) is 2.73. The minimum atomic E-state index is -3.23. The van der Waals surface area contributed by atoms with Gasteiger partial charge in [0, 0.05) is 18.8 Å². The predicted molar refractivity (Wildman–Crippen MR) is 94.6 cm³/mol. The molecule has 1 saturated heterocycles. The monoisotopic (exact) mass is 368 g/mol. The quantitative estimate of drug-likeness (QED) is 0.794. The molecule has 0 saturated carbocycles. The van der Waals surface area contributed by atoms with Gasteiger partial charge in [-0.25, -0.2) is 12.7 Å². The molecule has 2 rings (SSSR count). The summed E-state index contributed by atoms with van der Waals surface area (Å²) in [5.74, 6) is -1.22. The van der Waals surface area contributed by atoms with Crippen molar-refractivity contribution in [3.63, 3.8) is 0 Å². The van der Waals surface area contributed by atoms with Gasteiger partial charge in [-0.15, -0.1) is 0 Å². The number of sulfonamides is 1. The zero-order chi connectivity index (χ0) is 18.6. The Morgan fingerprint density at radius 1 is 1.24 bits per heavy atom. The molecule has 25 heavy (non-hydrogen) atoms. The Balaban J connectivity index is 1.80. The minimum Gasteiger partial charge on any atom is -0.455 e. The molecule has 1 aromatic rings. The fourth-order valence-corrected chi connectivity index (χ4v) is 3.62. The van der Waals surface area contributed by atoms with Gasteiger partial charge in [0.25, 0.3) is 5.91 Å². The van der Waals surface area contributed by atoms with Crippen LogP contribution >= 0.6 is 0 Å². The van der Waals surface area contributed by atoms with Crippen molar-refractivity contribution in [1.82, 2.24) is 4.31 Å². The molecule has 0 aromatic heterocycles. The molecule has 0 unspecified atom stereocenters. The lowest BCUT2D eigenvalue weighted by atomic mass is 9.98. The van der Waals surface area contributed by atoms with Gasteiger partial charge in [0.15, 0.2) is 6.61 Å². The second-order valence-corrected chi connectivity index (χ2v) is 8.32. The summed E-state index contributed by atoms with van der Waals surface area (Å²) in [4.78, 5) is 24.0. The Kier molecular flexibility index (Phi) is 6.18. The van der Waals surface area contributed by atoms with Crippen LogP contribution in [0.5, 0.6) is 0 Å². The topological polar surface area (TPSA) is 92.8 Å². The number of aryl methyl sites for hydroxylation is 1. The lowest BCUT2D eigenvalue weighted by Gasteiger charge is -2.28. The van der Waals surface area contributed by atoms with Crippen molar-refractivity contribution < 1.29 is 22.7 Å². The van der Waals surface area contributed by atoms with E-state index in [2.05, 4.69) is 5.32 Å². The van der Waals surface area contributed by atoms with Crippen LogP contribution in [0.4, 0.5) is 5.69 Å². The number of amides is 1. The number of piperidine rings is 1. The normalized spacial score (nSPS) is 16.4. The maximum Gasteiger partial charge on any atom is 0.309 e. The minimum absolute atomic E-state index is 0.299. The molecule has 0 bridgehead atoms. The molecule has 1 amide bonds. The third-order valence-corrected chi connectivity index (χ3v) is 5.78. The molecule has 0 aliphatic carbocycles. The summed E-state index contributed by atoms with van der Waals surface area (Å²) in [6, 6.07) is 5.59. The number of nitrogens with one attached hydrogen (secondary N) is 1. The Morgan fingerprint density at radius 3 is 2.48 bits per heavy atom. The van der Waals surface area contributed by atoms with E-state index in [0.29, 0.717) is 31.6 Å². The highest BCUT2D eigenvalue weighted by atomic mass is 32.2. The van der Waals surface area contributed by atoms with Crippen LogP contribution in [0, 0.1) is 19.8 Å². The number of carbonyl (C=O) groups is 2. The van der Waals surface area contributed by atoms with Crippen molar-refractivity contribution in [2.24, 2.45) is 5.92 Å². The van der Waals surface area contributed by atoms with Crippen molar-refractivity contribution in [2.45, 2.75) is 26.7 Å². The fourth-order valence-electron chi connectivity index (χ4n) is 2.75. The molecule has 1 aromatic carbocycles. The first-order valence-electron chi connectivity index (χ1n) is 8.16. The molecule has 0 spiro atoms. The molecule has 1 aliphatic heterocycles. The maximum atomic E-state index is 12.1. The van der Waals surface area contributed by atoms with Gasteiger partial charge in [0.2, 0.25) is 10.0 Å². The third-order valence-electron chi connectivity index (χ3n) is 4.48. The Hall–Kier alpha value is -1.93. The van der Waals surface area contributed by atoms with Crippen LogP contribution in [0.1, 0.15) is 24.0 Å². The zero-order valence-electron chi connectivity index (χ0n) is 14.7. The van der Waals surface area contributed by atoms with E-state index in [1.807, 2.05) is 26.0 Å². The third kappa shape index (κ3) is 5.27. The largest absolute Gasteiger partial charge is 0.455 e. The van der Waals surface area contributed by atoms with E-state index < -0.39 is 21.9 Å². The number of anilines is 1. The molecule has 0 atom stereocenters. The maximum absolute atomic E-state index is 12.1. The number of nitrogens with zero attached hydrogens (tertiary/aromatic N) is 1. The second-order valence-electron chi connectivity index (χ2n) is 6.34. The number of carbonyl (C=O) groups excluding carboxylic acids is 2. The van der Waals surface area contributed by atoms with Crippen molar-refractivity contribution in [3.05, 3.63) is 29.3 Å². The highest BCUT2D eigenvalue weighted by Gasteiger charge is 2.30. The van der Waals surface area contributed by atoms with E-state index in [0.717, 1.165) is 17.4 Å². The summed E-state index contributed by atoms with van der Waals surface area (Å²) in [7, 11) is -3.23. The first kappa shape index (κ1) is 19.4. The molecular weight excluding hydrogens is 344 g/mol. The van der Waals surface area contributed by atoms with Gasteiger partial charge >= 0.3 is 5.97 Å². The Bertz CT molecular complexity index is 752. The van der Waals surface area contributed by atoms with Crippen molar-refractivity contribution in [1.29, 1.82) is 0 Å². The van der Waals surface area contributed by atoms with Gasteiger partial charge in [0.1, 0.15) is 0 Å². The average Bonchev–Trinajstić information content (AvgIpc) is 2.56. The van der Waals surface area contributed by atoms with Crippen LogP contribution in [0.2, 0.25) is 0 Å². The Labute approximate surface area is 148 Å². The standard InChI is InChI=1S/C17H24N2O5S/c1-12-5-4-6-15(13(12)2)18-16(20)11-24-17(21)14-7-9-19(10-8-14)25(3,22)23/h4-6,14H,7-11H2,1-3H3,(H,18,20). The van der Waals surface area contributed by atoms with E-state index >= 15 is 0 Å². The number of benzene rings is 1. The van der Waals surface area contributed by atoms with Gasteiger partial charge in [0.05, 0.1) is 12.2 Å². The molecular formula is C17H24N2O5S. The zero-order valence-corrected chi connectivity index (χ0v) is 15.6. The number of esters is 1. The van der Waals surface area contributed by atoms with Crippen LogP contribution in [0.3, 0.4) is 0 Å². The number of rotatable bonds is 5. The fraction of sp³-hybridized carbons (Fsp3) is 0.529. The lowest BCUT2D eigenvalue weighted by Crippen LogP contribution is -2.40. The molecule has 7 nitrogen and oxygen atoms in total. The smallest absolute Gasteiger partial charge is 0.309 e.